The van der Waals surface area contributed by atoms with Crippen molar-refractivity contribution in [2.75, 3.05) is 39.5 Å². The van der Waals surface area contributed by atoms with E-state index in [0.29, 0.717) is 30.7 Å². The number of furan rings is 1. The second kappa shape index (κ2) is 12.3. The van der Waals surface area contributed by atoms with Gasteiger partial charge in [0.15, 0.2) is 5.82 Å². The van der Waals surface area contributed by atoms with Gasteiger partial charge in [-0.2, -0.15) is 11.8 Å². The molecule has 0 saturated heterocycles. The molecule has 0 fully saturated rings. The Hall–Kier alpha value is -2.76. The number of nitrogens with zero attached hydrogens (tertiary/aromatic N) is 3. The topological polar surface area (TPSA) is 106 Å². The van der Waals surface area contributed by atoms with Crippen molar-refractivity contribution < 1.29 is 14.1 Å². The van der Waals surface area contributed by atoms with Crippen molar-refractivity contribution in [1.29, 1.82) is 0 Å². The van der Waals surface area contributed by atoms with Crippen molar-refractivity contribution in [3.63, 3.8) is 0 Å². The maximum Gasteiger partial charge on any atom is 0.274 e. The van der Waals surface area contributed by atoms with Crippen LogP contribution in [0.15, 0.2) is 52.8 Å². The molecule has 9 nitrogen and oxygen atoms in total. The highest BCUT2D eigenvalue weighted by Gasteiger charge is 2.06. The summed E-state index contributed by atoms with van der Waals surface area (Å²) in [6, 6.07) is 11.8. The third kappa shape index (κ3) is 8.06. The molecule has 3 rings (SSSR count). The lowest BCUT2D eigenvalue weighted by Gasteiger charge is -2.11. The fourth-order valence-corrected chi connectivity index (χ4v) is 4.41. The monoisotopic (exact) mass is 477 g/mol. The van der Waals surface area contributed by atoms with Gasteiger partial charge in [-0.1, -0.05) is 23.5 Å². The molecule has 0 amide bonds. The van der Waals surface area contributed by atoms with Gasteiger partial charge in [0.25, 0.3) is 11.4 Å². The normalized spacial score (nSPS) is 11.8. The number of hydrogen-bond acceptors (Lipinski definition) is 10. The molecular weight excluding hydrogens is 450 g/mol. The number of thioether (sulfide) groups is 1. The van der Waals surface area contributed by atoms with Crippen LogP contribution in [0.4, 0.5) is 0 Å². The number of fused-ring (bicyclic) bond motifs is 1. The molecule has 0 aliphatic rings. The Balaban J connectivity index is 1.34. The number of thiazole rings is 1. The van der Waals surface area contributed by atoms with Gasteiger partial charge in [-0.15, -0.1) is 0 Å². The van der Waals surface area contributed by atoms with Crippen LogP contribution in [0.1, 0.15) is 11.5 Å². The van der Waals surface area contributed by atoms with Crippen LogP contribution in [0.25, 0.3) is 10.2 Å². The number of aromatic nitrogens is 1. The fourth-order valence-electron chi connectivity index (χ4n) is 2.82. The summed E-state index contributed by atoms with van der Waals surface area (Å²) in [7, 11) is 4.00. The summed E-state index contributed by atoms with van der Waals surface area (Å²) in [4.78, 5) is 16.9. The zero-order valence-corrected chi connectivity index (χ0v) is 19.7. The lowest BCUT2D eigenvalue weighted by Crippen LogP contribution is -2.31. The average Bonchev–Trinajstić information content (AvgIpc) is 3.36. The van der Waals surface area contributed by atoms with Crippen molar-refractivity contribution >= 4 is 33.3 Å². The van der Waals surface area contributed by atoms with Crippen LogP contribution in [-0.4, -0.2) is 54.4 Å². The molecule has 1 aromatic carbocycles. The third-order valence-corrected chi connectivity index (χ3v) is 6.08. The van der Waals surface area contributed by atoms with Gasteiger partial charge in [0.2, 0.25) is 0 Å². The summed E-state index contributed by atoms with van der Waals surface area (Å²) in [6.07, 6.45) is 0.933. The van der Waals surface area contributed by atoms with Crippen LogP contribution >= 0.6 is 23.1 Å². The number of benzene rings is 1. The highest BCUT2D eigenvalue weighted by Crippen LogP contribution is 2.27. The highest BCUT2D eigenvalue weighted by molar-refractivity contribution is 7.98. The van der Waals surface area contributed by atoms with E-state index in [0.717, 1.165) is 46.0 Å². The predicted octanol–water partition coefficient (Wildman–Crippen LogP) is 3.52. The first kappa shape index (κ1) is 23.9. The van der Waals surface area contributed by atoms with Crippen LogP contribution in [0.3, 0.4) is 0 Å². The minimum Gasteiger partial charge on any atom is -0.468 e. The van der Waals surface area contributed by atoms with E-state index >= 15 is 0 Å². The Morgan fingerprint density at radius 2 is 2.03 bits per heavy atom. The molecule has 2 aromatic heterocycles. The van der Waals surface area contributed by atoms with Gasteiger partial charge in [-0.3, -0.25) is 10.1 Å². The maximum atomic E-state index is 10.9. The minimum absolute atomic E-state index is 0.346. The van der Waals surface area contributed by atoms with Crippen molar-refractivity contribution in [2.24, 2.45) is 0 Å². The standard InChI is InChI=1S/C21H27N5O4S2/c1-25(2)13-16-7-8-17(30-16)15-31-12-10-23-20(14-26(27)28)22-9-11-29-21-24-18-5-3-4-6-19(18)32-21/h3-8,14,22-23H,9-13,15H2,1-2H3. The van der Waals surface area contributed by atoms with Gasteiger partial charge in [-0.25, -0.2) is 4.98 Å². The summed E-state index contributed by atoms with van der Waals surface area (Å²) in [5.74, 6) is 3.76. The molecule has 2 N–H and O–H groups in total. The smallest absolute Gasteiger partial charge is 0.274 e. The van der Waals surface area contributed by atoms with Crippen LogP contribution in [0.2, 0.25) is 0 Å². The third-order valence-electron chi connectivity index (χ3n) is 4.15. The lowest BCUT2D eigenvalue weighted by atomic mass is 10.3. The van der Waals surface area contributed by atoms with Crippen LogP contribution in [0, 0.1) is 10.1 Å². The molecule has 0 atom stereocenters. The van der Waals surface area contributed by atoms with Crippen LogP contribution in [0.5, 0.6) is 5.19 Å². The van der Waals surface area contributed by atoms with E-state index in [4.69, 9.17) is 9.15 Å². The number of rotatable bonds is 14. The van der Waals surface area contributed by atoms with Crippen molar-refractivity contribution in [2.45, 2.75) is 12.3 Å². The molecule has 0 spiro atoms. The van der Waals surface area contributed by atoms with Gasteiger partial charge in [0, 0.05) is 12.3 Å². The Bertz CT molecular complexity index is 1000. The predicted molar refractivity (Wildman–Crippen MR) is 128 cm³/mol. The van der Waals surface area contributed by atoms with E-state index in [1.54, 1.807) is 11.8 Å². The van der Waals surface area contributed by atoms with Crippen molar-refractivity contribution in [1.82, 2.24) is 20.5 Å². The van der Waals surface area contributed by atoms with Crippen LogP contribution in [-0.2, 0) is 12.3 Å². The Morgan fingerprint density at radius 3 is 2.81 bits per heavy atom. The lowest BCUT2D eigenvalue weighted by molar-refractivity contribution is -0.404. The average molecular weight is 478 g/mol. The summed E-state index contributed by atoms with van der Waals surface area (Å²) < 4.78 is 12.5. The molecule has 11 heteroatoms. The molecule has 32 heavy (non-hydrogen) atoms. The zero-order valence-electron chi connectivity index (χ0n) is 18.1. The molecule has 3 aromatic rings. The Kier molecular flexibility index (Phi) is 9.20. The van der Waals surface area contributed by atoms with E-state index in [9.17, 15) is 10.1 Å². The summed E-state index contributed by atoms with van der Waals surface area (Å²) in [6.45, 7) is 2.12. The van der Waals surface area contributed by atoms with E-state index in [-0.39, 0.29) is 0 Å². The Labute approximate surface area is 195 Å². The molecule has 0 aliphatic heterocycles. The van der Waals surface area contributed by atoms with Gasteiger partial charge in [-0.05, 0) is 38.4 Å². The molecule has 0 radical (unpaired) electrons. The van der Waals surface area contributed by atoms with E-state index in [1.165, 1.54) is 11.3 Å². The van der Waals surface area contributed by atoms with Gasteiger partial charge < -0.3 is 24.7 Å². The number of nitro groups is 1. The first-order valence-electron chi connectivity index (χ1n) is 10.1. The maximum absolute atomic E-state index is 10.9. The highest BCUT2D eigenvalue weighted by atomic mass is 32.2. The molecule has 0 unspecified atom stereocenters. The number of nitrogens with one attached hydrogen (secondary N) is 2. The van der Waals surface area contributed by atoms with Gasteiger partial charge >= 0.3 is 0 Å². The molecular formula is C21H27N5O4S2. The second-order valence-corrected chi connectivity index (χ2v) is 9.23. The van der Waals surface area contributed by atoms with Gasteiger partial charge in [0.05, 0.1) is 34.0 Å². The quantitative estimate of drug-likeness (QED) is 0.205. The van der Waals surface area contributed by atoms with Crippen LogP contribution < -0.4 is 15.4 Å². The summed E-state index contributed by atoms with van der Waals surface area (Å²) in [5, 5.41) is 17.6. The molecule has 172 valence electrons. The largest absolute Gasteiger partial charge is 0.468 e. The molecule has 0 bridgehead atoms. The zero-order chi connectivity index (χ0) is 22.8. The first-order valence-corrected chi connectivity index (χ1v) is 12.1. The minimum atomic E-state index is -0.480. The molecule has 2 heterocycles. The molecule has 0 aliphatic carbocycles. The first-order chi connectivity index (χ1) is 15.5. The van der Waals surface area contributed by atoms with Gasteiger partial charge in [0.1, 0.15) is 18.1 Å². The fraction of sp³-hybridized carbons (Fsp3) is 0.381. The Morgan fingerprint density at radius 1 is 1.25 bits per heavy atom. The second-order valence-electron chi connectivity index (χ2n) is 7.14. The van der Waals surface area contributed by atoms with E-state index in [1.807, 2.05) is 50.5 Å². The van der Waals surface area contributed by atoms with E-state index in [2.05, 4.69) is 20.5 Å². The number of hydrogen-bond donors (Lipinski definition) is 2. The molecule has 0 saturated carbocycles. The number of para-hydroxylation sites is 1. The van der Waals surface area contributed by atoms with Crippen molar-refractivity contribution in [3.8, 4) is 5.19 Å². The van der Waals surface area contributed by atoms with Crippen molar-refractivity contribution in [3.05, 3.63) is 70.1 Å². The number of ether oxygens (including phenoxy) is 1. The summed E-state index contributed by atoms with van der Waals surface area (Å²) >= 11 is 3.18. The SMILES string of the molecule is CN(C)Cc1ccc(CSCCNC(=C[N+](=O)[O-])NCCOc2nc3ccccc3s2)o1. The van der Waals surface area contributed by atoms with E-state index < -0.39 is 4.92 Å². The summed E-state index contributed by atoms with van der Waals surface area (Å²) in [5.41, 5.74) is 0.900.